The molecule has 0 saturated heterocycles. The fourth-order valence-electron chi connectivity index (χ4n) is 2.35. The molecule has 0 spiro atoms. The van der Waals surface area contributed by atoms with Crippen molar-refractivity contribution in [1.29, 1.82) is 0 Å². The predicted octanol–water partition coefficient (Wildman–Crippen LogP) is 3.33. The zero-order valence-corrected chi connectivity index (χ0v) is 13.2. The second kappa shape index (κ2) is 6.78. The van der Waals surface area contributed by atoms with Crippen molar-refractivity contribution in [3.05, 3.63) is 52.2 Å². The van der Waals surface area contributed by atoms with Gasteiger partial charge in [-0.3, -0.25) is 0 Å². The van der Waals surface area contributed by atoms with Crippen molar-refractivity contribution >= 4 is 17.4 Å². The molecular weight excluding hydrogens is 286 g/mol. The van der Waals surface area contributed by atoms with Crippen LogP contribution in [0, 0.1) is 6.92 Å². The zero-order valence-electron chi connectivity index (χ0n) is 12.5. The number of nitrogen functional groups attached to an aromatic ring is 1. The highest BCUT2D eigenvalue weighted by Gasteiger charge is 2.20. The largest absolute Gasteiger partial charge is 0.496 e. The molecule has 0 aliphatic heterocycles. The highest BCUT2D eigenvalue weighted by atomic mass is 35.5. The van der Waals surface area contributed by atoms with E-state index in [0.29, 0.717) is 10.8 Å². The first-order valence-corrected chi connectivity index (χ1v) is 7.23. The second-order valence-corrected chi connectivity index (χ2v) is 5.30. The fraction of sp³-hybridized carbons (Fsp3) is 0.312. The third-order valence-corrected chi connectivity index (χ3v) is 3.55. The van der Waals surface area contributed by atoms with E-state index in [1.807, 2.05) is 25.1 Å². The molecule has 0 saturated carbocycles. The number of aryl methyl sites for hydroxylation is 1. The van der Waals surface area contributed by atoms with Gasteiger partial charge in [0.2, 0.25) is 0 Å². The van der Waals surface area contributed by atoms with Crippen LogP contribution in [0.4, 0.5) is 5.82 Å². The first kappa shape index (κ1) is 15.6. The van der Waals surface area contributed by atoms with Crippen molar-refractivity contribution in [2.45, 2.75) is 19.9 Å². The molecule has 112 valence electrons. The lowest BCUT2D eigenvalue weighted by molar-refractivity contribution is 0.404. The van der Waals surface area contributed by atoms with Crippen molar-refractivity contribution in [2.24, 2.45) is 0 Å². The highest BCUT2D eigenvalue weighted by molar-refractivity contribution is 6.30. The highest BCUT2D eigenvalue weighted by Crippen LogP contribution is 2.34. The van der Waals surface area contributed by atoms with E-state index < -0.39 is 0 Å². The van der Waals surface area contributed by atoms with Gasteiger partial charge in [0.05, 0.1) is 13.2 Å². The molecule has 0 amide bonds. The molecule has 5 heteroatoms. The van der Waals surface area contributed by atoms with Crippen molar-refractivity contribution in [3.63, 3.8) is 0 Å². The molecule has 0 aliphatic rings. The van der Waals surface area contributed by atoms with Crippen molar-refractivity contribution < 1.29 is 4.74 Å². The minimum absolute atomic E-state index is 0.0883. The molecule has 1 aromatic carbocycles. The van der Waals surface area contributed by atoms with Crippen molar-refractivity contribution in [1.82, 2.24) is 10.3 Å². The minimum Gasteiger partial charge on any atom is -0.496 e. The number of anilines is 1. The lowest BCUT2D eigenvalue weighted by Crippen LogP contribution is -2.24. The Kier molecular flexibility index (Phi) is 5.04. The van der Waals surface area contributed by atoms with Crippen LogP contribution in [0.25, 0.3) is 0 Å². The first-order valence-electron chi connectivity index (χ1n) is 6.85. The summed E-state index contributed by atoms with van der Waals surface area (Å²) < 4.78 is 5.46. The number of nitrogens with two attached hydrogens (primary N) is 1. The van der Waals surface area contributed by atoms with Gasteiger partial charge >= 0.3 is 0 Å². The Morgan fingerprint density at radius 2 is 2.10 bits per heavy atom. The Bertz CT molecular complexity index is 631. The molecule has 0 bridgehead atoms. The van der Waals surface area contributed by atoms with E-state index in [0.717, 1.165) is 29.0 Å². The van der Waals surface area contributed by atoms with Gasteiger partial charge in [-0.05, 0) is 37.2 Å². The van der Waals surface area contributed by atoms with Crippen LogP contribution in [-0.2, 0) is 0 Å². The molecule has 4 nitrogen and oxygen atoms in total. The molecule has 0 fully saturated rings. The monoisotopic (exact) mass is 305 g/mol. The lowest BCUT2D eigenvalue weighted by Gasteiger charge is -2.22. The van der Waals surface area contributed by atoms with Gasteiger partial charge < -0.3 is 15.8 Å². The Hall–Kier alpha value is -1.78. The van der Waals surface area contributed by atoms with E-state index in [4.69, 9.17) is 22.1 Å². The SMILES string of the molecule is CCNC(c1ccc(Cl)cc1OC)c1cc(C)cnc1N. The molecule has 21 heavy (non-hydrogen) atoms. The number of methoxy groups -OCH3 is 1. The number of ether oxygens (including phenoxy) is 1. The van der Waals surface area contributed by atoms with Crippen LogP contribution in [-0.4, -0.2) is 18.6 Å². The molecule has 0 radical (unpaired) electrons. The number of rotatable bonds is 5. The van der Waals surface area contributed by atoms with Crippen LogP contribution in [0.3, 0.4) is 0 Å². The molecule has 2 rings (SSSR count). The van der Waals surface area contributed by atoms with E-state index in [9.17, 15) is 0 Å². The zero-order chi connectivity index (χ0) is 15.4. The standard InChI is InChI=1S/C16H20ClN3O/c1-4-19-15(13-7-10(2)9-20-16(13)18)12-6-5-11(17)8-14(12)21-3/h5-9,15,19H,4H2,1-3H3,(H2,18,20). The Morgan fingerprint density at radius 1 is 1.33 bits per heavy atom. The summed E-state index contributed by atoms with van der Waals surface area (Å²) in [5, 5.41) is 4.07. The third-order valence-electron chi connectivity index (χ3n) is 3.31. The molecule has 0 aliphatic carbocycles. The smallest absolute Gasteiger partial charge is 0.128 e. The quantitative estimate of drug-likeness (QED) is 0.889. The minimum atomic E-state index is -0.0883. The summed E-state index contributed by atoms with van der Waals surface area (Å²) in [4.78, 5) is 4.25. The lowest BCUT2D eigenvalue weighted by atomic mass is 9.97. The normalized spacial score (nSPS) is 12.2. The number of benzene rings is 1. The van der Waals surface area contributed by atoms with Gasteiger partial charge in [0.1, 0.15) is 11.6 Å². The topological polar surface area (TPSA) is 60.2 Å². The Labute approximate surface area is 130 Å². The van der Waals surface area contributed by atoms with Gasteiger partial charge in [0.15, 0.2) is 0 Å². The van der Waals surface area contributed by atoms with Crippen LogP contribution in [0.5, 0.6) is 5.75 Å². The number of nitrogens with one attached hydrogen (secondary N) is 1. The van der Waals surface area contributed by atoms with E-state index in [1.54, 1.807) is 19.4 Å². The summed E-state index contributed by atoms with van der Waals surface area (Å²) in [6.07, 6.45) is 1.76. The van der Waals surface area contributed by atoms with E-state index >= 15 is 0 Å². The van der Waals surface area contributed by atoms with Gasteiger partial charge in [-0.1, -0.05) is 24.6 Å². The fourth-order valence-corrected chi connectivity index (χ4v) is 2.51. The Balaban J connectivity index is 2.55. The summed E-state index contributed by atoms with van der Waals surface area (Å²) in [6, 6.07) is 7.57. The second-order valence-electron chi connectivity index (χ2n) is 4.86. The summed E-state index contributed by atoms with van der Waals surface area (Å²) in [6.45, 7) is 4.84. The van der Waals surface area contributed by atoms with Gasteiger partial charge in [-0.15, -0.1) is 0 Å². The summed E-state index contributed by atoms with van der Waals surface area (Å²) in [5.74, 6) is 1.25. The number of aromatic nitrogens is 1. The van der Waals surface area contributed by atoms with Crippen LogP contribution in [0.15, 0.2) is 30.5 Å². The summed E-state index contributed by atoms with van der Waals surface area (Å²) in [5.41, 5.74) is 9.06. The Morgan fingerprint density at radius 3 is 2.76 bits per heavy atom. The summed E-state index contributed by atoms with van der Waals surface area (Å²) >= 11 is 6.04. The average molecular weight is 306 g/mol. The molecule has 1 atom stereocenters. The van der Waals surface area contributed by atoms with Gasteiger partial charge in [-0.2, -0.15) is 0 Å². The van der Waals surface area contributed by atoms with Crippen LogP contribution < -0.4 is 15.8 Å². The van der Waals surface area contributed by atoms with Crippen LogP contribution >= 0.6 is 11.6 Å². The van der Waals surface area contributed by atoms with Gasteiger partial charge in [-0.25, -0.2) is 4.98 Å². The number of halogens is 1. The van der Waals surface area contributed by atoms with E-state index in [-0.39, 0.29) is 6.04 Å². The van der Waals surface area contributed by atoms with E-state index in [2.05, 4.69) is 17.2 Å². The van der Waals surface area contributed by atoms with Gasteiger partial charge in [0.25, 0.3) is 0 Å². The maximum Gasteiger partial charge on any atom is 0.128 e. The van der Waals surface area contributed by atoms with Crippen molar-refractivity contribution in [2.75, 3.05) is 19.4 Å². The maximum absolute atomic E-state index is 6.06. The van der Waals surface area contributed by atoms with Crippen LogP contribution in [0.2, 0.25) is 5.02 Å². The number of pyridine rings is 1. The first-order chi connectivity index (χ1) is 10.1. The molecule has 3 N–H and O–H groups in total. The number of hydrogen-bond acceptors (Lipinski definition) is 4. The molecular formula is C16H20ClN3O. The molecule has 1 unspecified atom stereocenters. The maximum atomic E-state index is 6.06. The van der Waals surface area contributed by atoms with Crippen LogP contribution in [0.1, 0.15) is 29.7 Å². The van der Waals surface area contributed by atoms with Gasteiger partial charge in [0, 0.05) is 22.3 Å². The summed E-state index contributed by atoms with van der Waals surface area (Å²) in [7, 11) is 1.63. The third kappa shape index (κ3) is 3.46. The molecule has 2 aromatic rings. The average Bonchev–Trinajstić information content (AvgIpc) is 2.48. The van der Waals surface area contributed by atoms with Crippen molar-refractivity contribution in [3.8, 4) is 5.75 Å². The number of hydrogen-bond donors (Lipinski definition) is 2. The molecule has 1 heterocycles. The number of nitrogens with zero attached hydrogens (tertiary/aromatic N) is 1. The predicted molar refractivity (Wildman–Crippen MR) is 86.9 cm³/mol. The molecule has 1 aromatic heterocycles. The van der Waals surface area contributed by atoms with E-state index in [1.165, 1.54) is 0 Å².